The van der Waals surface area contributed by atoms with Crippen molar-refractivity contribution in [1.82, 2.24) is 9.97 Å². The van der Waals surface area contributed by atoms with Crippen molar-refractivity contribution in [2.24, 2.45) is 0 Å². The summed E-state index contributed by atoms with van der Waals surface area (Å²) < 4.78 is 16.3. The van der Waals surface area contributed by atoms with Crippen LogP contribution in [0.4, 0.5) is 5.95 Å². The summed E-state index contributed by atoms with van der Waals surface area (Å²) in [6.07, 6.45) is 0.628. The topological polar surface area (TPSA) is 79.5 Å². The number of nitrogen functional groups attached to an aromatic ring is 1. The first kappa shape index (κ1) is 15.9. The number of aromatic nitrogens is 2. The monoisotopic (exact) mass is 325 g/mol. The van der Waals surface area contributed by atoms with Crippen LogP contribution in [0.2, 0.25) is 0 Å². The lowest BCUT2D eigenvalue weighted by molar-refractivity contribution is 0.327. The number of hydrogen-bond donors (Lipinski definition) is 1. The molecule has 2 aromatic carbocycles. The third-order valence-corrected chi connectivity index (χ3v) is 3.80. The van der Waals surface area contributed by atoms with Crippen LogP contribution in [0, 0.1) is 0 Å². The lowest BCUT2D eigenvalue weighted by Gasteiger charge is -2.16. The summed E-state index contributed by atoms with van der Waals surface area (Å²) in [5.74, 6) is 1.72. The SMILES string of the molecule is COc1cc2c(Cc3ccccc3)nc(N)nc2c(OC)c1OC. The summed E-state index contributed by atoms with van der Waals surface area (Å²) >= 11 is 0. The number of nitrogens with zero attached hydrogens (tertiary/aromatic N) is 2. The van der Waals surface area contributed by atoms with Crippen LogP contribution in [-0.2, 0) is 6.42 Å². The minimum absolute atomic E-state index is 0.193. The van der Waals surface area contributed by atoms with Crippen molar-refractivity contribution in [3.63, 3.8) is 0 Å². The summed E-state index contributed by atoms with van der Waals surface area (Å²) in [4.78, 5) is 8.76. The molecule has 0 bridgehead atoms. The van der Waals surface area contributed by atoms with Crippen LogP contribution in [0.1, 0.15) is 11.3 Å². The molecule has 0 amide bonds. The maximum atomic E-state index is 5.91. The van der Waals surface area contributed by atoms with Crippen molar-refractivity contribution in [2.45, 2.75) is 6.42 Å². The van der Waals surface area contributed by atoms with Crippen molar-refractivity contribution in [3.8, 4) is 17.2 Å². The van der Waals surface area contributed by atoms with Crippen LogP contribution in [0.15, 0.2) is 36.4 Å². The van der Waals surface area contributed by atoms with E-state index in [2.05, 4.69) is 9.97 Å². The Balaban J connectivity index is 2.26. The molecule has 3 rings (SSSR count). The average Bonchev–Trinajstić information content (AvgIpc) is 2.60. The lowest BCUT2D eigenvalue weighted by atomic mass is 10.0. The van der Waals surface area contributed by atoms with Gasteiger partial charge in [-0.2, -0.15) is 0 Å². The zero-order valence-electron chi connectivity index (χ0n) is 13.9. The van der Waals surface area contributed by atoms with Crippen LogP contribution in [-0.4, -0.2) is 31.3 Å². The normalized spacial score (nSPS) is 10.6. The highest BCUT2D eigenvalue weighted by molar-refractivity contribution is 5.92. The quantitative estimate of drug-likeness (QED) is 0.777. The van der Waals surface area contributed by atoms with E-state index in [0.717, 1.165) is 16.6 Å². The molecule has 24 heavy (non-hydrogen) atoms. The number of hydrogen-bond acceptors (Lipinski definition) is 6. The highest BCUT2D eigenvalue weighted by Crippen LogP contribution is 2.43. The van der Waals surface area contributed by atoms with E-state index in [0.29, 0.717) is 29.2 Å². The number of nitrogens with two attached hydrogens (primary N) is 1. The molecule has 1 heterocycles. The molecule has 124 valence electrons. The van der Waals surface area contributed by atoms with Crippen LogP contribution in [0.25, 0.3) is 10.9 Å². The smallest absolute Gasteiger partial charge is 0.220 e. The van der Waals surface area contributed by atoms with Gasteiger partial charge in [0, 0.05) is 11.8 Å². The molecule has 6 nitrogen and oxygen atoms in total. The molecule has 3 aromatic rings. The number of benzene rings is 2. The van der Waals surface area contributed by atoms with E-state index in [1.807, 2.05) is 36.4 Å². The zero-order chi connectivity index (χ0) is 17.1. The largest absolute Gasteiger partial charge is 0.493 e. The van der Waals surface area contributed by atoms with Gasteiger partial charge in [0.25, 0.3) is 0 Å². The molecule has 0 atom stereocenters. The zero-order valence-corrected chi connectivity index (χ0v) is 13.9. The maximum Gasteiger partial charge on any atom is 0.220 e. The van der Waals surface area contributed by atoms with Crippen LogP contribution >= 0.6 is 0 Å². The predicted molar refractivity (Wildman–Crippen MR) is 92.9 cm³/mol. The minimum atomic E-state index is 0.193. The summed E-state index contributed by atoms with van der Waals surface area (Å²) in [5.41, 5.74) is 8.46. The predicted octanol–water partition coefficient (Wildman–Crippen LogP) is 2.83. The Kier molecular flexibility index (Phi) is 4.37. The molecule has 1 aromatic heterocycles. The van der Waals surface area contributed by atoms with Gasteiger partial charge in [-0.25, -0.2) is 9.97 Å². The minimum Gasteiger partial charge on any atom is -0.493 e. The van der Waals surface area contributed by atoms with Gasteiger partial charge in [0.2, 0.25) is 11.7 Å². The van der Waals surface area contributed by atoms with E-state index in [1.54, 1.807) is 21.3 Å². The van der Waals surface area contributed by atoms with Gasteiger partial charge >= 0.3 is 0 Å². The van der Waals surface area contributed by atoms with E-state index in [1.165, 1.54) is 0 Å². The highest BCUT2D eigenvalue weighted by Gasteiger charge is 2.20. The molecule has 0 aliphatic heterocycles. The number of methoxy groups -OCH3 is 3. The second-order valence-electron chi connectivity index (χ2n) is 5.23. The molecule has 0 aliphatic carbocycles. The van der Waals surface area contributed by atoms with E-state index >= 15 is 0 Å². The fraction of sp³-hybridized carbons (Fsp3) is 0.222. The Morgan fingerprint density at radius 2 is 1.62 bits per heavy atom. The molecule has 0 unspecified atom stereocenters. The Morgan fingerprint density at radius 3 is 2.25 bits per heavy atom. The Labute approximate surface area is 140 Å². The Hall–Kier alpha value is -3.02. The van der Waals surface area contributed by atoms with Crippen LogP contribution < -0.4 is 19.9 Å². The molecule has 0 saturated heterocycles. The third-order valence-electron chi connectivity index (χ3n) is 3.80. The van der Waals surface area contributed by atoms with Crippen molar-refractivity contribution in [2.75, 3.05) is 27.1 Å². The fourth-order valence-corrected chi connectivity index (χ4v) is 2.73. The van der Waals surface area contributed by atoms with E-state index < -0.39 is 0 Å². The molecule has 0 fully saturated rings. The fourth-order valence-electron chi connectivity index (χ4n) is 2.73. The van der Waals surface area contributed by atoms with E-state index in [4.69, 9.17) is 19.9 Å². The number of anilines is 1. The lowest BCUT2D eigenvalue weighted by Crippen LogP contribution is -2.04. The van der Waals surface area contributed by atoms with Crippen LogP contribution in [0.3, 0.4) is 0 Å². The van der Waals surface area contributed by atoms with Gasteiger partial charge < -0.3 is 19.9 Å². The second-order valence-corrected chi connectivity index (χ2v) is 5.23. The van der Waals surface area contributed by atoms with Gasteiger partial charge in [0.1, 0.15) is 5.52 Å². The molecule has 0 saturated carbocycles. The Morgan fingerprint density at radius 1 is 0.917 bits per heavy atom. The molecule has 0 aliphatic rings. The molecular weight excluding hydrogens is 306 g/mol. The highest BCUT2D eigenvalue weighted by atomic mass is 16.5. The molecule has 6 heteroatoms. The molecule has 0 radical (unpaired) electrons. The third kappa shape index (κ3) is 2.78. The summed E-state index contributed by atoms with van der Waals surface area (Å²) in [6.45, 7) is 0. The first-order valence-electron chi connectivity index (χ1n) is 7.47. The number of ether oxygens (including phenoxy) is 3. The molecular formula is C18H19N3O3. The summed E-state index contributed by atoms with van der Waals surface area (Å²) in [6, 6.07) is 11.9. The average molecular weight is 325 g/mol. The van der Waals surface area contributed by atoms with E-state index in [-0.39, 0.29) is 5.95 Å². The van der Waals surface area contributed by atoms with Gasteiger partial charge in [0.05, 0.1) is 27.0 Å². The van der Waals surface area contributed by atoms with Crippen molar-refractivity contribution in [1.29, 1.82) is 0 Å². The Bertz CT molecular complexity index is 867. The molecule has 0 spiro atoms. The second kappa shape index (κ2) is 6.62. The molecule has 2 N–H and O–H groups in total. The maximum absolute atomic E-state index is 5.91. The van der Waals surface area contributed by atoms with Gasteiger partial charge in [-0.05, 0) is 11.6 Å². The van der Waals surface area contributed by atoms with Gasteiger partial charge in [0.15, 0.2) is 11.5 Å². The number of rotatable bonds is 5. The first-order valence-corrected chi connectivity index (χ1v) is 7.47. The van der Waals surface area contributed by atoms with Crippen molar-refractivity contribution >= 4 is 16.9 Å². The van der Waals surface area contributed by atoms with Crippen molar-refractivity contribution in [3.05, 3.63) is 47.7 Å². The summed E-state index contributed by atoms with van der Waals surface area (Å²) in [7, 11) is 4.70. The number of fused-ring (bicyclic) bond motifs is 1. The van der Waals surface area contributed by atoms with E-state index in [9.17, 15) is 0 Å². The standard InChI is InChI=1S/C18H19N3O3/c1-22-14-10-12-13(9-11-7-5-4-6-8-11)20-18(19)21-15(12)17(24-3)16(14)23-2/h4-8,10H,9H2,1-3H3,(H2,19,20,21). The summed E-state index contributed by atoms with van der Waals surface area (Å²) in [5, 5.41) is 0.822. The van der Waals surface area contributed by atoms with Gasteiger partial charge in [-0.15, -0.1) is 0 Å². The van der Waals surface area contributed by atoms with Crippen molar-refractivity contribution < 1.29 is 14.2 Å². The first-order chi connectivity index (χ1) is 11.7. The van der Waals surface area contributed by atoms with Gasteiger partial charge in [-0.1, -0.05) is 30.3 Å². The van der Waals surface area contributed by atoms with Crippen LogP contribution in [0.5, 0.6) is 17.2 Å². The van der Waals surface area contributed by atoms with Gasteiger partial charge in [-0.3, -0.25) is 0 Å².